The van der Waals surface area contributed by atoms with Crippen LogP contribution < -0.4 is 10.6 Å². The Balaban J connectivity index is 0.00000338. The van der Waals surface area contributed by atoms with E-state index in [4.69, 9.17) is 4.99 Å². The normalized spacial score (nSPS) is 15.0. The van der Waals surface area contributed by atoms with Crippen LogP contribution >= 0.6 is 35.7 Å². The molecule has 1 aromatic carbocycles. The van der Waals surface area contributed by atoms with Crippen LogP contribution in [-0.2, 0) is 6.54 Å². The highest BCUT2D eigenvalue weighted by Gasteiger charge is 2.10. The van der Waals surface area contributed by atoms with Crippen LogP contribution in [-0.4, -0.2) is 49.8 Å². The topological polar surface area (TPSA) is 39.7 Å². The van der Waals surface area contributed by atoms with Crippen molar-refractivity contribution in [2.75, 3.05) is 39.0 Å². The number of aliphatic imine (C=N–C) groups is 1. The first-order valence-corrected chi connectivity index (χ1v) is 10.8. The minimum Gasteiger partial charge on any atom is -0.357 e. The Hall–Kier alpha value is -0.470. The number of unbranched alkanes of at least 4 members (excludes halogenated alkanes) is 1. The third kappa shape index (κ3) is 8.48. The summed E-state index contributed by atoms with van der Waals surface area (Å²) >= 11 is 1.80. The van der Waals surface area contributed by atoms with E-state index in [0.29, 0.717) is 0 Å². The van der Waals surface area contributed by atoms with Gasteiger partial charge in [-0.15, -0.1) is 35.7 Å². The molecule has 1 aliphatic heterocycles. The molecule has 0 radical (unpaired) electrons. The molecule has 0 aromatic heterocycles. The van der Waals surface area contributed by atoms with Gasteiger partial charge in [0.15, 0.2) is 5.96 Å². The lowest BCUT2D eigenvalue weighted by atomic mass is 10.1. The van der Waals surface area contributed by atoms with Crippen molar-refractivity contribution in [3.05, 3.63) is 29.3 Å². The third-order valence-electron chi connectivity index (χ3n) is 4.59. The molecule has 2 rings (SSSR count). The molecule has 0 amide bonds. The molecule has 1 heterocycles. The molecular formula is C20H35IN4S. The van der Waals surface area contributed by atoms with Gasteiger partial charge in [-0.2, -0.15) is 0 Å². The molecule has 6 heteroatoms. The number of benzene rings is 1. The third-order valence-corrected chi connectivity index (χ3v) is 5.41. The second-order valence-electron chi connectivity index (χ2n) is 6.69. The van der Waals surface area contributed by atoms with Crippen molar-refractivity contribution in [1.82, 2.24) is 15.5 Å². The standard InChI is InChI=1S/C20H34N4S.HI/c1-4-21-20(22-11-5-6-12-24-13-7-8-14-24)23-16-18-10-9-17(2)15-19(18)25-3;/h9-10,15H,4-8,11-14,16H2,1-3H3,(H2,21,22,23);1H. The van der Waals surface area contributed by atoms with Crippen LogP contribution in [0.15, 0.2) is 28.1 Å². The van der Waals surface area contributed by atoms with Gasteiger partial charge in [0.1, 0.15) is 0 Å². The Kier molecular flexibility index (Phi) is 12.4. The minimum atomic E-state index is 0. The summed E-state index contributed by atoms with van der Waals surface area (Å²) < 4.78 is 0. The second-order valence-corrected chi connectivity index (χ2v) is 7.54. The summed E-state index contributed by atoms with van der Waals surface area (Å²) in [7, 11) is 0. The fraction of sp³-hybridized carbons (Fsp3) is 0.650. The molecule has 148 valence electrons. The summed E-state index contributed by atoms with van der Waals surface area (Å²) in [6.45, 7) is 10.7. The van der Waals surface area contributed by atoms with Crippen LogP contribution in [0.5, 0.6) is 0 Å². The lowest BCUT2D eigenvalue weighted by molar-refractivity contribution is 0.330. The summed E-state index contributed by atoms with van der Waals surface area (Å²) in [6, 6.07) is 6.61. The second kappa shape index (κ2) is 13.7. The largest absolute Gasteiger partial charge is 0.357 e. The van der Waals surface area contributed by atoms with Crippen molar-refractivity contribution < 1.29 is 0 Å². The summed E-state index contributed by atoms with van der Waals surface area (Å²) in [6.07, 6.45) is 7.35. The molecule has 1 saturated heterocycles. The Morgan fingerprint density at radius 1 is 1.19 bits per heavy atom. The van der Waals surface area contributed by atoms with Gasteiger partial charge in [-0.05, 0) is 82.6 Å². The van der Waals surface area contributed by atoms with Crippen molar-refractivity contribution >= 4 is 41.7 Å². The van der Waals surface area contributed by atoms with E-state index in [1.54, 1.807) is 11.8 Å². The summed E-state index contributed by atoms with van der Waals surface area (Å²) in [4.78, 5) is 8.68. The highest BCUT2D eigenvalue weighted by Crippen LogP contribution is 2.22. The molecule has 0 unspecified atom stereocenters. The molecule has 1 fully saturated rings. The van der Waals surface area contributed by atoms with Gasteiger partial charge in [0, 0.05) is 18.0 Å². The molecule has 4 nitrogen and oxygen atoms in total. The number of likely N-dealkylation sites (tertiary alicyclic amines) is 1. The number of hydrogen-bond acceptors (Lipinski definition) is 3. The number of hydrogen-bond donors (Lipinski definition) is 2. The van der Waals surface area contributed by atoms with Crippen LogP contribution in [0.3, 0.4) is 0 Å². The maximum absolute atomic E-state index is 4.77. The molecule has 0 aliphatic carbocycles. The fourth-order valence-corrected chi connectivity index (χ4v) is 3.86. The van der Waals surface area contributed by atoms with Gasteiger partial charge >= 0.3 is 0 Å². The van der Waals surface area contributed by atoms with E-state index >= 15 is 0 Å². The van der Waals surface area contributed by atoms with Crippen molar-refractivity contribution in [3.8, 4) is 0 Å². The number of nitrogens with one attached hydrogen (secondary N) is 2. The van der Waals surface area contributed by atoms with Crippen LogP contribution in [0.25, 0.3) is 0 Å². The highest BCUT2D eigenvalue weighted by molar-refractivity contribution is 14.0. The number of halogens is 1. The van der Waals surface area contributed by atoms with Crippen molar-refractivity contribution in [2.24, 2.45) is 4.99 Å². The van der Waals surface area contributed by atoms with E-state index in [0.717, 1.165) is 25.6 Å². The van der Waals surface area contributed by atoms with Gasteiger partial charge in [0.2, 0.25) is 0 Å². The van der Waals surface area contributed by atoms with Crippen LogP contribution in [0.2, 0.25) is 0 Å². The van der Waals surface area contributed by atoms with Gasteiger partial charge in [0.05, 0.1) is 6.54 Å². The molecule has 1 aliphatic rings. The molecule has 2 N–H and O–H groups in total. The number of aryl methyl sites for hydroxylation is 1. The van der Waals surface area contributed by atoms with Gasteiger partial charge in [-0.25, -0.2) is 4.99 Å². The lowest BCUT2D eigenvalue weighted by Crippen LogP contribution is -2.38. The average molecular weight is 490 g/mol. The Morgan fingerprint density at radius 3 is 2.65 bits per heavy atom. The first kappa shape index (κ1) is 23.6. The Morgan fingerprint density at radius 2 is 1.96 bits per heavy atom. The number of thioether (sulfide) groups is 1. The van der Waals surface area contributed by atoms with E-state index in [2.05, 4.69) is 53.8 Å². The zero-order valence-corrected chi connectivity index (χ0v) is 19.7. The molecule has 0 spiro atoms. The SMILES string of the molecule is CCNC(=NCc1ccc(C)cc1SC)NCCCCN1CCCC1.I. The van der Waals surface area contributed by atoms with Crippen LogP contribution in [0.4, 0.5) is 0 Å². The quantitative estimate of drug-likeness (QED) is 0.178. The number of guanidine groups is 1. The average Bonchev–Trinajstić information content (AvgIpc) is 3.13. The van der Waals surface area contributed by atoms with Crippen molar-refractivity contribution in [1.29, 1.82) is 0 Å². The van der Waals surface area contributed by atoms with Gasteiger partial charge in [0.25, 0.3) is 0 Å². The highest BCUT2D eigenvalue weighted by atomic mass is 127. The van der Waals surface area contributed by atoms with Gasteiger partial charge < -0.3 is 15.5 Å². The Bertz CT molecular complexity index is 545. The Labute approximate surface area is 181 Å². The van der Waals surface area contributed by atoms with Crippen molar-refractivity contribution in [2.45, 2.75) is 51.0 Å². The first-order valence-electron chi connectivity index (χ1n) is 9.61. The minimum absolute atomic E-state index is 0. The van der Waals surface area contributed by atoms with E-state index in [1.807, 2.05) is 0 Å². The number of nitrogens with zero attached hydrogens (tertiary/aromatic N) is 2. The van der Waals surface area contributed by atoms with E-state index < -0.39 is 0 Å². The van der Waals surface area contributed by atoms with Crippen LogP contribution in [0.1, 0.15) is 43.7 Å². The maximum atomic E-state index is 4.77. The molecule has 0 atom stereocenters. The lowest BCUT2D eigenvalue weighted by Gasteiger charge is -2.15. The summed E-state index contributed by atoms with van der Waals surface area (Å²) in [5.74, 6) is 0.927. The molecule has 26 heavy (non-hydrogen) atoms. The smallest absolute Gasteiger partial charge is 0.191 e. The summed E-state index contributed by atoms with van der Waals surface area (Å²) in [5, 5.41) is 6.83. The molecular weight excluding hydrogens is 455 g/mol. The van der Waals surface area contributed by atoms with Gasteiger partial charge in [-0.1, -0.05) is 12.1 Å². The zero-order valence-electron chi connectivity index (χ0n) is 16.5. The molecule has 0 bridgehead atoms. The van der Waals surface area contributed by atoms with E-state index in [9.17, 15) is 0 Å². The monoisotopic (exact) mass is 490 g/mol. The molecule has 0 saturated carbocycles. The van der Waals surface area contributed by atoms with Crippen LogP contribution in [0, 0.1) is 6.92 Å². The predicted molar refractivity (Wildman–Crippen MR) is 126 cm³/mol. The van der Waals surface area contributed by atoms with E-state index in [-0.39, 0.29) is 24.0 Å². The van der Waals surface area contributed by atoms with E-state index in [1.165, 1.54) is 61.3 Å². The predicted octanol–water partition coefficient (Wildman–Crippen LogP) is 4.27. The summed E-state index contributed by atoms with van der Waals surface area (Å²) in [5.41, 5.74) is 2.60. The maximum Gasteiger partial charge on any atom is 0.191 e. The zero-order chi connectivity index (χ0) is 17.9. The fourth-order valence-electron chi connectivity index (χ4n) is 3.16. The van der Waals surface area contributed by atoms with Gasteiger partial charge in [-0.3, -0.25) is 0 Å². The molecule has 1 aromatic rings. The van der Waals surface area contributed by atoms with Crippen molar-refractivity contribution in [3.63, 3.8) is 0 Å². The first-order chi connectivity index (χ1) is 12.2. The number of rotatable bonds is 9.